The van der Waals surface area contributed by atoms with Crippen LogP contribution in [0.15, 0.2) is 12.3 Å². The molecule has 3 rings (SSSR count). The molecule has 2 aliphatic rings. The zero-order valence-electron chi connectivity index (χ0n) is 12.0. The number of nitrogens with zero attached hydrogens (tertiary/aromatic N) is 3. The van der Waals surface area contributed by atoms with Crippen LogP contribution < -0.4 is 4.90 Å². The number of hydrogen-bond acceptors (Lipinski definition) is 7. The van der Waals surface area contributed by atoms with Gasteiger partial charge in [-0.15, -0.1) is 0 Å². The number of hydrogen-bond donors (Lipinski definition) is 1. The molecule has 1 aromatic heterocycles. The molecule has 3 heterocycles. The van der Waals surface area contributed by atoms with E-state index < -0.39 is 0 Å². The number of aliphatic hydroxyl groups is 1. The largest absolute Gasteiger partial charge is 0.390 e. The average Bonchev–Trinajstić information content (AvgIpc) is 2.50. The maximum Gasteiger partial charge on any atom is 0.225 e. The van der Waals surface area contributed by atoms with Crippen molar-refractivity contribution < 1.29 is 19.3 Å². The lowest BCUT2D eigenvalue weighted by atomic mass is 10.0. The first kappa shape index (κ1) is 14.6. The SMILES string of the molecule is OCc1ccnc(N2CC(COC[C@H]3COCCO3)C2)n1. The third kappa shape index (κ3) is 3.88. The van der Waals surface area contributed by atoms with Gasteiger partial charge in [0.05, 0.1) is 45.3 Å². The van der Waals surface area contributed by atoms with Crippen molar-refractivity contribution in [3.63, 3.8) is 0 Å². The Morgan fingerprint density at radius 1 is 1.33 bits per heavy atom. The maximum atomic E-state index is 9.08. The monoisotopic (exact) mass is 295 g/mol. The Morgan fingerprint density at radius 2 is 2.24 bits per heavy atom. The van der Waals surface area contributed by atoms with Crippen molar-refractivity contribution in [1.29, 1.82) is 0 Å². The summed E-state index contributed by atoms with van der Waals surface area (Å²) in [7, 11) is 0. The molecule has 1 aromatic rings. The number of aliphatic hydroxyl groups excluding tert-OH is 1. The highest BCUT2D eigenvalue weighted by molar-refractivity contribution is 5.34. The van der Waals surface area contributed by atoms with Gasteiger partial charge in [-0.05, 0) is 6.07 Å². The van der Waals surface area contributed by atoms with Crippen LogP contribution in [-0.2, 0) is 20.8 Å². The summed E-state index contributed by atoms with van der Waals surface area (Å²) in [6, 6.07) is 1.72. The first-order chi connectivity index (χ1) is 10.3. The number of rotatable bonds is 6. The molecule has 1 N–H and O–H groups in total. The normalized spacial score (nSPS) is 23.1. The van der Waals surface area contributed by atoms with Crippen LogP contribution in [0.3, 0.4) is 0 Å². The summed E-state index contributed by atoms with van der Waals surface area (Å²) in [5.41, 5.74) is 0.647. The van der Waals surface area contributed by atoms with E-state index in [1.165, 1.54) is 0 Å². The van der Waals surface area contributed by atoms with Crippen LogP contribution >= 0.6 is 0 Å². The predicted octanol–water partition coefficient (Wildman–Crippen LogP) is -0.163. The maximum absolute atomic E-state index is 9.08. The van der Waals surface area contributed by atoms with E-state index in [9.17, 15) is 0 Å². The summed E-state index contributed by atoms with van der Waals surface area (Å²) in [6.07, 6.45) is 1.75. The summed E-state index contributed by atoms with van der Waals surface area (Å²) in [4.78, 5) is 10.6. The van der Waals surface area contributed by atoms with E-state index in [0.717, 1.165) is 19.7 Å². The van der Waals surface area contributed by atoms with Crippen LogP contribution in [0.25, 0.3) is 0 Å². The van der Waals surface area contributed by atoms with Gasteiger partial charge in [-0.3, -0.25) is 0 Å². The Morgan fingerprint density at radius 3 is 3.00 bits per heavy atom. The van der Waals surface area contributed by atoms with Crippen molar-refractivity contribution in [2.24, 2.45) is 5.92 Å². The minimum Gasteiger partial charge on any atom is -0.390 e. The van der Waals surface area contributed by atoms with E-state index in [0.29, 0.717) is 44.0 Å². The Hall–Kier alpha value is -1.28. The summed E-state index contributed by atoms with van der Waals surface area (Å²) < 4.78 is 16.5. The van der Waals surface area contributed by atoms with Crippen molar-refractivity contribution >= 4 is 5.95 Å². The van der Waals surface area contributed by atoms with Gasteiger partial charge in [0.1, 0.15) is 6.10 Å². The quantitative estimate of drug-likeness (QED) is 0.781. The summed E-state index contributed by atoms with van der Waals surface area (Å²) >= 11 is 0. The zero-order chi connectivity index (χ0) is 14.5. The van der Waals surface area contributed by atoms with Crippen LogP contribution in [0.4, 0.5) is 5.95 Å². The number of aromatic nitrogens is 2. The van der Waals surface area contributed by atoms with Crippen LogP contribution in [-0.4, -0.2) is 67.3 Å². The van der Waals surface area contributed by atoms with Crippen LogP contribution in [0.5, 0.6) is 0 Å². The molecule has 0 aromatic carbocycles. The molecule has 0 radical (unpaired) electrons. The predicted molar refractivity (Wildman–Crippen MR) is 75.0 cm³/mol. The second kappa shape index (κ2) is 7.13. The van der Waals surface area contributed by atoms with Gasteiger partial charge in [0.2, 0.25) is 5.95 Å². The van der Waals surface area contributed by atoms with Gasteiger partial charge < -0.3 is 24.2 Å². The van der Waals surface area contributed by atoms with Crippen LogP contribution in [0.1, 0.15) is 5.69 Å². The summed E-state index contributed by atoms with van der Waals surface area (Å²) in [6.45, 7) is 4.99. The van der Waals surface area contributed by atoms with Crippen LogP contribution in [0, 0.1) is 5.92 Å². The molecule has 0 aliphatic carbocycles. The molecule has 2 fully saturated rings. The Labute approximate surface area is 123 Å². The lowest BCUT2D eigenvalue weighted by molar-refractivity contribution is -0.118. The summed E-state index contributed by atoms with van der Waals surface area (Å²) in [5, 5.41) is 9.08. The van der Waals surface area contributed by atoms with E-state index in [-0.39, 0.29) is 12.7 Å². The van der Waals surface area contributed by atoms with Gasteiger partial charge in [-0.2, -0.15) is 0 Å². The van der Waals surface area contributed by atoms with E-state index in [4.69, 9.17) is 19.3 Å². The highest BCUT2D eigenvalue weighted by atomic mass is 16.6. The second-order valence-electron chi connectivity index (χ2n) is 5.38. The molecule has 0 unspecified atom stereocenters. The van der Waals surface area contributed by atoms with Gasteiger partial charge in [0.25, 0.3) is 0 Å². The topological polar surface area (TPSA) is 76.9 Å². The van der Waals surface area contributed by atoms with Crippen molar-refractivity contribution in [3.8, 4) is 0 Å². The van der Waals surface area contributed by atoms with E-state index in [2.05, 4.69) is 14.9 Å². The van der Waals surface area contributed by atoms with Crippen molar-refractivity contribution in [2.45, 2.75) is 12.7 Å². The van der Waals surface area contributed by atoms with Gasteiger partial charge in [-0.1, -0.05) is 0 Å². The molecule has 1 atom stereocenters. The molecular formula is C14H21N3O4. The molecule has 0 bridgehead atoms. The fraction of sp³-hybridized carbons (Fsp3) is 0.714. The van der Waals surface area contributed by atoms with Gasteiger partial charge in [0.15, 0.2) is 0 Å². The molecule has 116 valence electrons. The van der Waals surface area contributed by atoms with Gasteiger partial charge in [0, 0.05) is 25.2 Å². The number of ether oxygens (including phenoxy) is 3. The lowest BCUT2D eigenvalue weighted by Gasteiger charge is -2.39. The van der Waals surface area contributed by atoms with E-state index >= 15 is 0 Å². The first-order valence-electron chi connectivity index (χ1n) is 7.30. The third-order valence-corrected chi connectivity index (χ3v) is 3.64. The van der Waals surface area contributed by atoms with Crippen molar-refractivity contribution in [3.05, 3.63) is 18.0 Å². The number of anilines is 1. The standard InChI is InChI=1S/C14H21N3O4/c18-7-12-1-2-15-14(16-12)17-5-11(6-17)8-20-10-13-9-19-3-4-21-13/h1-2,11,13,18H,3-10H2/t13-/m1/s1. The smallest absolute Gasteiger partial charge is 0.225 e. The Bertz CT molecular complexity index is 448. The minimum absolute atomic E-state index is 0.0562. The zero-order valence-corrected chi connectivity index (χ0v) is 12.0. The first-order valence-corrected chi connectivity index (χ1v) is 7.30. The molecule has 2 aliphatic heterocycles. The highest BCUT2D eigenvalue weighted by Crippen LogP contribution is 2.21. The fourth-order valence-corrected chi connectivity index (χ4v) is 2.46. The molecule has 0 saturated carbocycles. The second-order valence-corrected chi connectivity index (χ2v) is 5.38. The fourth-order valence-electron chi connectivity index (χ4n) is 2.46. The Kier molecular flexibility index (Phi) is 4.97. The Balaban J connectivity index is 1.35. The molecule has 0 amide bonds. The van der Waals surface area contributed by atoms with E-state index in [1.54, 1.807) is 12.3 Å². The van der Waals surface area contributed by atoms with Gasteiger partial charge >= 0.3 is 0 Å². The lowest BCUT2D eigenvalue weighted by Crippen LogP contribution is -2.50. The molecule has 2 saturated heterocycles. The molecular weight excluding hydrogens is 274 g/mol. The molecule has 0 spiro atoms. The van der Waals surface area contributed by atoms with Crippen molar-refractivity contribution in [2.75, 3.05) is 51.0 Å². The molecule has 7 nitrogen and oxygen atoms in total. The average molecular weight is 295 g/mol. The summed E-state index contributed by atoms with van der Waals surface area (Å²) in [5.74, 6) is 1.18. The minimum atomic E-state index is -0.0562. The molecule has 21 heavy (non-hydrogen) atoms. The van der Waals surface area contributed by atoms with Gasteiger partial charge in [-0.25, -0.2) is 9.97 Å². The van der Waals surface area contributed by atoms with E-state index in [1.807, 2.05) is 0 Å². The molecule has 7 heteroatoms. The highest BCUT2D eigenvalue weighted by Gasteiger charge is 2.29. The third-order valence-electron chi connectivity index (χ3n) is 3.64. The van der Waals surface area contributed by atoms with Crippen LogP contribution in [0.2, 0.25) is 0 Å². The van der Waals surface area contributed by atoms with Crippen molar-refractivity contribution in [1.82, 2.24) is 9.97 Å².